The third kappa shape index (κ3) is 6.52. The highest BCUT2D eigenvalue weighted by Gasteiger charge is 2.16. The van der Waals surface area contributed by atoms with Gasteiger partial charge in [-0.3, -0.25) is 9.59 Å². The number of nitrogens with two attached hydrogens (primary N) is 1. The molecule has 9 heteroatoms. The van der Waals surface area contributed by atoms with Gasteiger partial charge in [-0.1, -0.05) is 11.6 Å². The summed E-state index contributed by atoms with van der Waals surface area (Å²) < 4.78 is 10.3. The number of methoxy groups -OCH3 is 1. The van der Waals surface area contributed by atoms with Crippen molar-refractivity contribution in [3.63, 3.8) is 0 Å². The molecule has 0 fully saturated rings. The molecule has 0 spiro atoms. The summed E-state index contributed by atoms with van der Waals surface area (Å²) in [5, 5.41) is 5.94. The molecule has 0 aliphatic rings. The average molecular weight is 366 g/mol. The molecule has 1 rings (SSSR count). The van der Waals surface area contributed by atoms with Crippen molar-refractivity contribution in [1.29, 1.82) is 0 Å². The van der Waals surface area contributed by atoms with Gasteiger partial charge in [0.25, 0.3) is 11.8 Å². The first-order valence-electron chi connectivity index (χ1n) is 6.63. The summed E-state index contributed by atoms with van der Waals surface area (Å²) in [4.78, 5) is 22.9. The molecule has 130 valence electrons. The predicted molar refractivity (Wildman–Crippen MR) is 90.8 cm³/mol. The van der Waals surface area contributed by atoms with Crippen LogP contribution < -0.4 is 25.8 Å². The number of ether oxygens (including phenoxy) is 2. The molecule has 1 aromatic rings. The van der Waals surface area contributed by atoms with Gasteiger partial charge in [-0.05, 0) is 26.1 Å². The number of carbonyl (C=O) groups is 2. The van der Waals surface area contributed by atoms with Crippen molar-refractivity contribution < 1.29 is 19.1 Å². The number of primary amides is 1. The van der Waals surface area contributed by atoms with Crippen LogP contribution in [0, 0.1) is 0 Å². The molecule has 0 heterocycles. The number of likely N-dealkylation sites (N-methyl/N-ethyl adjacent to an activating group) is 1. The number of hydrogen-bond donors (Lipinski definition) is 3. The van der Waals surface area contributed by atoms with Crippen LogP contribution >= 0.6 is 24.0 Å². The fourth-order valence-electron chi connectivity index (χ4n) is 1.58. The minimum absolute atomic E-state index is 0. The fraction of sp³-hybridized carbons (Fsp3) is 0.429. The minimum Gasteiger partial charge on any atom is -0.493 e. The molecule has 0 saturated heterocycles. The molecule has 4 N–H and O–H groups in total. The van der Waals surface area contributed by atoms with Crippen LogP contribution in [0.5, 0.6) is 11.5 Å². The van der Waals surface area contributed by atoms with Crippen LogP contribution in [0.4, 0.5) is 0 Å². The summed E-state index contributed by atoms with van der Waals surface area (Å²) in [6, 6.07) is 3.07. The monoisotopic (exact) mass is 365 g/mol. The number of carbonyl (C=O) groups excluding carboxylic acids is 2. The lowest BCUT2D eigenvalue weighted by molar-refractivity contribution is -0.119. The number of amides is 2. The van der Waals surface area contributed by atoms with E-state index in [0.29, 0.717) is 12.1 Å². The third-order valence-corrected chi connectivity index (χ3v) is 3.19. The van der Waals surface area contributed by atoms with E-state index in [2.05, 4.69) is 10.6 Å². The Hall–Kier alpha value is -1.70. The summed E-state index contributed by atoms with van der Waals surface area (Å²) in [7, 11) is 3.22. The Balaban J connectivity index is 0.00000484. The zero-order valence-corrected chi connectivity index (χ0v) is 14.7. The molecule has 0 aliphatic heterocycles. The third-order valence-electron chi connectivity index (χ3n) is 2.91. The Kier molecular flexibility index (Phi) is 9.40. The van der Waals surface area contributed by atoms with Crippen LogP contribution in [0.3, 0.4) is 0 Å². The van der Waals surface area contributed by atoms with Gasteiger partial charge in [0.1, 0.15) is 0 Å². The van der Waals surface area contributed by atoms with Crippen molar-refractivity contribution >= 4 is 35.8 Å². The zero-order chi connectivity index (χ0) is 16.7. The summed E-state index contributed by atoms with van der Waals surface area (Å²) in [6.45, 7) is 2.07. The molecule has 0 aromatic heterocycles. The first-order valence-corrected chi connectivity index (χ1v) is 7.01. The first kappa shape index (κ1) is 21.3. The van der Waals surface area contributed by atoms with Gasteiger partial charge in [-0.2, -0.15) is 0 Å². The highest BCUT2D eigenvalue weighted by molar-refractivity contribution is 6.32. The molecule has 0 saturated carbocycles. The van der Waals surface area contributed by atoms with E-state index in [0.717, 1.165) is 0 Å². The maximum atomic E-state index is 12.1. The van der Waals surface area contributed by atoms with Crippen LogP contribution in [0.15, 0.2) is 12.1 Å². The molecule has 23 heavy (non-hydrogen) atoms. The highest BCUT2D eigenvalue weighted by Crippen LogP contribution is 2.36. The second-order valence-corrected chi connectivity index (χ2v) is 5.05. The zero-order valence-electron chi connectivity index (χ0n) is 13.1. The molecule has 2 amide bonds. The van der Waals surface area contributed by atoms with E-state index in [-0.39, 0.29) is 47.5 Å². The largest absolute Gasteiger partial charge is 0.493 e. The predicted octanol–water partition coefficient (Wildman–Crippen LogP) is 0.972. The van der Waals surface area contributed by atoms with E-state index in [4.69, 9.17) is 26.8 Å². The van der Waals surface area contributed by atoms with Gasteiger partial charge in [0.15, 0.2) is 18.1 Å². The number of nitrogens with one attached hydrogen (secondary N) is 2. The van der Waals surface area contributed by atoms with Crippen LogP contribution in [-0.4, -0.2) is 45.2 Å². The molecule has 1 unspecified atom stereocenters. The lowest BCUT2D eigenvalue weighted by Crippen LogP contribution is -2.37. The van der Waals surface area contributed by atoms with Crippen molar-refractivity contribution in [2.24, 2.45) is 5.73 Å². The van der Waals surface area contributed by atoms with Gasteiger partial charge in [0.2, 0.25) is 0 Å². The van der Waals surface area contributed by atoms with Gasteiger partial charge in [-0.15, -0.1) is 12.4 Å². The van der Waals surface area contributed by atoms with E-state index in [1.165, 1.54) is 19.2 Å². The summed E-state index contributed by atoms with van der Waals surface area (Å²) in [6.07, 6.45) is 0. The maximum Gasteiger partial charge on any atom is 0.255 e. The topological polar surface area (TPSA) is 103 Å². The molecular formula is C14H21Cl2N3O4. The molecule has 0 bridgehead atoms. The molecule has 0 radical (unpaired) electrons. The normalized spacial score (nSPS) is 11.1. The number of rotatable bonds is 8. The van der Waals surface area contributed by atoms with Crippen molar-refractivity contribution in [3.8, 4) is 11.5 Å². The first-order chi connectivity index (χ1) is 10.4. The second kappa shape index (κ2) is 10.1. The lowest BCUT2D eigenvalue weighted by Gasteiger charge is -2.14. The molecular weight excluding hydrogens is 345 g/mol. The van der Waals surface area contributed by atoms with Gasteiger partial charge in [0, 0.05) is 18.2 Å². The van der Waals surface area contributed by atoms with E-state index in [1.807, 2.05) is 14.0 Å². The molecule has 7 nitrogen and oxygen atoms in total. The quantitative estimate of drug-likeness (QED) is 0.636. The number of halogens is 2. The molecule has 1 aromatic carbocycles. The summed E-state index contributed by atoms with van der Waals surface area (Å²) in [5.74, 6) is -0.506. The summed E-state index contributed by atoms with van der Waals surface area (Å²) in [5.41, 5.74) is 5.35. The van der Waals surface area contributed by atoms with Gasteiger partial charge in [0.05, 0.1) is 12.1 Å². The van der Waals surface area contributed by atoms with Crippen LogP contribution in [-0.2, 0) is 4.79 Å². The summed E-state index contributed by atoms with van der Waals surface area (Å²) >= 11 is 6.08. The number of hydrogen-bond acceptors (Lipinski definition) is 5. The van der Waals surface area contributed by atoms with Crippen molar-refractivity contribution in [2.45, 2.75) is 13.0 Å². The Labute approximate surface area is 146 Å². The Bertz CT molecular complexity index is 555. The fourth-order valence-corrected chi connectivity index (χ4v) is 1.85. The van der Waals surface area contributed by atoms with E-state index < -0.39 is 5.91 Å². The van der Waals surface area contributed by atoms with E-state index in [1.54, 1.807) is 0 Å². The van der Waals surface area contributed by atoms with Gasteiger partial charge in [-0.25, -0.2) is 0 Å². The standard InChI is InChI=1S/C14H20ClN3O4.ClH/c1-8(17-2)6-18-14(20)9-4-10(15)13(11(5-9)21-3)22-7-12(16)19;/h4-5,8,17H,6-7H2,1-3H3,(H2,16,19)(H,18,20);1H. The molecule has 1 atom stereocenters. The highest BCUT2D eigenvalue weighted by atomic mass is 35.5. The second-order valence-electron chi connectivity index (χ2n) is 4.64. The Morgan fingerprint density at radius 2 is 2.04 bits per heavy atom. The van der Waals surface area contributed by atoms with Crippen molar-refractivity contribution in [1.82, 2.24) is 10.6 Å². The maximum absolute atomic E-state index is 12.1. The van der Waals surface area contributed by atoms with Crippen LogP contribution in [0.1, 0.15) is 17.3 Å². The lowest BCUT2D eigenvalue weighted by atomic mass is 10.1. The van der Waals surface area contributed by atoms with Crippen molar-refractivity contribution in [3.05, 3.63) is 22.7 Å². The van der Waals surface area contributed by atoms with Gasteiger partial charge >= 0.3 is 0 Å². The Morgan fingerprint density at radius 1 is 1.39 bits per heavy atom. The van der Waals surface area contributed by atoms with Gasteiger partial charge < -0.3 is 25.8 Å². The van der Waals surface area contributed by atoms with Crippen LogP contribution in [0.25, 0.3) is 0 Å². The van der Waals surface area contributed by atoms with Crippen LogP contribution in [0.2, 0.25) is 5.02 Å². The van der Waals surface area contributed by atoms with Crippen molar-refractivity contribution in [2.75, 3.05) is 27.3 Å². The minimum atomic E-state index is -0.638. The smallest absolute Gasteiger partial charge is 0.255 e. The Morgan fingerprint density at radius 3 is 2.57 bits per heavy atom. The van der Waals surface area contributed by atoms with E-state index in [9.17, 15) is 9.59 Å². The SMILES string of the molecule is CNC(C)CNC(=O)c1cc(Cl)c(OCC(N)=O)c(OC)c1.Cl. The average Bonchev–Trinajstić information content (AvgIpc) is 2.49. The molecule has 0 aliphatic carbocycles. The van der Waals surface area contributed by atoms with E-state index >= 15 is 0 Å². The number of benzene rings is 1.